The Labute approximate surface area is 134 Å². The maximum Gasteiger partial charge on any atom is 0.512 e. The first kappa shape index (κ1) is 14.8. The van der Waals surface area contributed by atoms with E-state index in [-0.39, 0.29) is 5.88 Å². The minimum absolute atomic E-state index is 0.130. The van der Waals surface area contributed by atoms with E-state index in [4.69, 9.17) is 9.84 Å². The lowest BCUT2D eigenvalue weighted by Crippen LogP contribution is -2.07. The predicted molar refractivity (Wildman–Crippen MR) is 87.6 cm³/mol. The summed E-state index contributed by atoms with van der Waals surface area (Å²) in [7, 11) is 0. The minimum Gasteiger partial charge on any atom is -0.449 e. The van der Waals surface area contributed by atoms with E-state index in [1.165, 1.54) is 6.20 Å². The number of aromatic nitrogens is 1. The van der Waals surface area contributed by atoms with Crippen LogP contribution in [0.15, 0.2) is 72.9 Å². The molecule has 0 saturated heterocycles. The lowest BCUT2D eigenvalue weighted by atomic mass is 10.00. The second-order valence-electron chi connectivity index (χ2n) is 5.08. The molecule has 0 saturated carbocycles. The van der Waals surface area contributed by atoms with Gasteiger partial charge in [0.2, 0.25) is 5.88 Å². The van der Waals surface area contributed by atoms with Gasteiger partial charge in [-0.15, -0.1) is 0 Å². The summed E-state index contributed by atoms with van der Waals surface area (Å²) in [6, 6.07) is 21.8. The van der Waals surface area contributed by atoms with Gasteiger partial charge in [-0.3, -0.25) is 0 Å². The molecule has 1 heterocycles. The molecule has 0 radical (unpaired) electrons. The van der Waals surface area contributed by atoms with Crippen molar-refractivity contribution in [2.75, 3.05) is 0 Å². The fourth-order valence-corrected chi connectivity index (χ4v) is 2.44. The van der Waals surface area contributed by atoms with Crippen molar-refractivity contribution in [2.45, 2.75) is 6.42 Å². The van der Waals surface area contributed by atoms with Crippen LogP contribution in [-0.2, 0) is 6.42 Å². The van der Waals surface area contributed by atoms with Crippen LogP contribution in [0.25, 0.3) is 11.1 Å². The summed E-state index contributed by atoms with van der Waals surface area (Å²) in [6.45, 7) is 0. The van der Waals surface area contributed by atoms with E-state index in [0.29, 0.717) is 6.42 Å². The Kier molecular flexibility index (Phi) is 4.34. The molecule has 3 aromatic rings. The number of nitrogens with zero attached hydrogens (tertiary/aromatic N) is 1. The highest BCUT2D eigenvalue weighted by atomic mass is 16.7. The molecule has 0 aliphatic rings. The lowest BCUT2D eigenvalue weighted by molar-refractivity contribution is 0.142. The zero-order chi connectivity index (χ0) is 16.1. The molecule has 0 spiro atoms. The maximum absolute atomic E-state index is 10.8. The second-order valence-corrected chi connectivity index (χ2v) is 5.08. The molecule has 0 amide bonds. The Balaban J connectivity index is 1.88. The van der Waals surface area contributed by atoms with E-state index in [1.807, 2.05) is 36.4 Å². The number of carbonyl (C=O) groups is 1. The molecule has 4 nitrogen and oxygen atoms in total. The zero-order valence-corrected chi connectivity index (χ0v) is 12.3. The Bertz CT molecular complexity index is 816. The summed E-state index contributed by atoms with van der Waals surface area (Å²) in [6.07, 6.45) is 0.710. The van der Waals surface area contributed by atoms with Gasteiger partial charge in [0.15, 0.2) is 0 Å². The van der Waals surface area contributed by atoms with Gasteiger partial charge in [0, 0.05) is 18.2 Å². The molecule has 0 fully saturated rings. The van der Waals surface area contributed by atoms with Gasteiger partial charge in [-0.05, 0) is 22.8 Å². The Morgan fingerprint density at radius 2 is 1.74 bits per heavy atom. The van der Waals surface area contributed by atoms with Crippen LogP contribution >= 0.6 is 0 Å². The highest BCUT2D eigenvalue weighted by Gasteiger charge is 2.10. The molecule has 1 N–H and O–H groups in total. The molecule has 0 atom stereocenters. The van der Waals surface area contributed by atoms with E-state index >= 15 is 0 Å². The molecule has 114 valence electrons. The van der Waals surface area contributed by atoms with E-state index in [1.54, 1.807) is 6.07 Å². The van der Waals surface area contributed by atoms with Crippen LogP contribution in [0.2, 0.25) is 0 Å². The molecular formula is C19H15NO3. The van der Waals surface area contributed by atoms with E-state index < -0.39 is 6.16 Å². The van der Waals surface area contributed by atoms with Crippen LogP contribution in [0.3, 0.4) is 0 Å². The highest BCUT2D eigenvalue weighted by Crippen LogP contribution is 2.23. The van der Waals surface area contributed by atoms with Crippen LogP contribution in [0, 0.1) is 0 Å². The molecule has 3 rings (SSSR count). The van der Waals surface area contributed by atoms with E-state index in [2.05, 4.69) is 29.2 Å². The van der Waals surface area contributed by atoms with Gasteiger partial charge in [0.05, 0.1) is 0 Å². The molecule has 0 aliphatic heterocycles. The molecule has 2 aromatic carbocycles. The van der Waals surface area contributed by atoms with Gasteiger partial charge < -0.3 is 9.84 Å². The molecule has 1 aromatic heterocycles. The van der Waals surface area contributed by atoms with Crippen molar-refractivity contribution in [3.8, 4) is 17.0 Å². The summed E-state index contributed by atoms with van der Waals surface area (Å²) in [5, 5.41) is 8.79. The first-order valence-corrected chi connectivity index (χ1v) is 7.21. The highest BCUT2D eigenvalue weighted by molar-refractivity contribution is 5.64. The molecule has 0 bridgehead atoms. The van der Waals surface area contributed by atoms with Crippen LogP contribution in [0.5, 0.6) is 5.88 Å². The molecule has 4 heteroatoms. The average molecular weight is 305 g/mol. The van der Waals surface area contributed by atoms with Gasteiger partial charge in [0.1, 0.15) is 0 Å². The smallest absolute Gasteiger partial charge is 0.449 e. The number of ether oxygens (including phenoxy) is 1. The molecule has 0 unspecified atom stereocenters. The van der Waals surface area contributed by atoms with E-state index in [0.717, 1.165) is 22.3 Å². The fourth-order valence-electron chi connectivity index (χ4n) is 2.44. The third-order valence-electron chi connectivity index (χ3n) is 3.46. The summed E-state index contributed by atoms with van der Waals surface area (Å²) >= 11 is 0. The van der Waals surface area contributed by atoms with Gasteiger partial charge in [-0.1, -0.05) is 60.7 Å². The Hall–Kier alpha value is -3.14. The van der Waals surface area contributed by atoms with Crippen molar-refractivity contribution < 1.29 is 14.6 Å². The van der Waals surface area contributed by atoms with Gasteiger partial charge in [-0.25, -0.2) is 9.78 Å². The summed E-state index contributed by atoms with van der Waals surface area (Å²) in [5.74, 6) is 0.130. The molecule has 0 aliphatic carbocycles. The van der Waals surface area contributed by atoms with E-state index in [9.17, 15) is 4.79 Å². The minimum atomic E-state index is -1.36. The fraction of sp³-hybridized carbons (Fsp3) is 0.0526. The Morgan fingerprint density at radius 3 is 2.52 bits per heavy atom. The monoisotopic (exact) mass is 305 g/mol. The van der Waals surface area contributed by atoms with Crippen LogP contribution in [0.4, 0.5) is 4.79 Å². The van der Waals surface area contributed by atoms with Crippen molar-refractivity contribution in [3.63, 3.8) is 0 Å². The lowest BCUT2D eigenvalue weighted by Gasteiger charge is -2.08. The first-order chi connectivity index (χ1) is 11.2. The average Bonchev–Trinajstić information content (AvgIpc) is 2.57. The molecular weight excluding hydrogens is 290 g/mol. The third-order valence-corrected chi connectivity index (χ3v) is 3.46. The number of hydrogen-bond acceptors (Lipinski definition) is 3. The summed E-state index contributed by atoms with van der Waals surface area (Å²) < 4.78 is 4.74. The normalized spacial score (nSPS) is 10.3. The van der Waals surface area contributed by atoms with Crippen LogP contribution in [0.1, 0.15) is 11.1 Å². The van der Waals surface area contributed by atoms with Crippen LogP contribution in [-0.4, -0.2) is 16.2 Å². The number of benzene rings is 2. The number of rotatable bonds is 4. The number of pyridine rings is 1. The summed E-state index contributed by atoms with van der Waals surface area (Å²) in [5.41, 5.74) is 4.06. The second kappa shape index (κ2) is 6.75. The standard InChI is InChI=1S/C19H15NO3/c21-19(22)23-18-17(10-5-11-20-18)13-14-6-4-9-16(12-14)15-7-2-1-3-8-15/h1-12H,13H2,(H,21,22). The first-order valence-electron chi connectivity index (χ1n) is 7.21. The quantitative estimate of drug-likeness (QED) is 0.726. The zero-order valence-electron chi connectivity index (χ0n) is 12.3. The SMILES string of the molecule is O=C(O)Oc1ncccc1Cc1cccc(-c2ccccc2)c1. The maximum atomic E-state index is 10.8. The van der Waals surface area contributed by atoms with Crippen molar-refractivity contribution in [2.24, 2.45) is 0 Å². The number of hydrogen-bond donors (Lipinski definition) is 1. The van der Waals surface area contributed by atoms with Gasteiger partial charge >= 0.3 is 6.16 Å². The van der Waals surface area contributed by atoms with Crippen molar-refractivity contribution >= 4 is 6.16 Å². The van der Waals surface area contributed by atoms with Gasteiger partial charge in [-0.2, -0.15) is 0 Å². The van der Waals surface area contributed by atoms with Gasteiger partial charge in [0.25, 0.3) is 0 Å². The van der Waals surface area contributed by atoms with Crippen molar-refractivity contribution in [1.82, 2.24) is 4.98 Å². The van der Waals surface area contributed by atoms with Crippen molar-refractivity contribution in [1.29, 1.82) is 0 Å². The summed E-state index contributed by atoms with van der Waals surface area (Å²) in [4.78, 5) is 14.7. The Morgan fingerprint density at radius 1 is 0.957 bits per heavy atom. The predicted octanol–water partition coefficient (Wildman–Crippen LogP) is 4.40. The third kappa shape index (κ3) is 3.74. The largest absolute Gasteiger partial charge is 0.512 e. The topological polar surface area (TPSA) is 59.4 Å². The van der Waals surface area contributed by atoms with Crippen molar-refractivity contribution in [3.05, 3.63) is 84.1 Å². The number of carboxylic acid groups (broad SMARTS) is 1. The molecule has 23 heavy (non-hydrogen) atoms. The van der Waals surface area contributed by atoms with Crippen LogP contribution < -0.4 is 4.74 Å².